The molecular weight excluding hydrogens is 336 g/mol. The maximum absolute atomic E-state index is 5.48. The number of methoxy groups -OCH3 is 2. The normalized spacial score (nSPS) is 12.7. The van der Waals surface area contributed by atoms with Crippen molar-refractivity contribution in [1.29, 1.82) is 0 Å². The van der Waals surface area contributed by atoms with Crippen LogP contribution in [0.2, 0.25) is 0 Å². The van der Waals surface area contributed by atoms with Gasteiger partial charge in [-0.2, -0.15) is 0 Å². The van der Waals surface area contributed by atoms with Gasteiger partial charge in [-0.15, -0.1) is 0 Å². The summed E-state index contributed by atoms with van der Waals surface area (Å²) in [4.78, 5) is 0. The molecule has 0 bridgehead atoms. The first kappa shape index (κ1) is 15.8. The molecule has 0 heterocycles. The maximum Gasteiger partial charge on any atom is 0.139 e. The van der Waals surface area contributed by atoms with Crippen LogP contribution in [-0.4, -0.2) is 29.7 Å². The van der Waals surface area contributed by atoms with Crippen molar-refractivity contribution in [3.05, 3.63) is 66.7 Å². The summed E-state index contributed by atoms with van der Waals surface area (Å²) in [6.07, 6.45) is 0. The molecule has 0 aliphatic rings. The van der Waals surface area contributed by atoms with Gasteiger partial charge >= 0.3 is 0 Å². The van der Waals surface area contributed by atoms with Gasteiger partial charge in [0.2, 0.25) is 0 Å². The van der Waals surface area contributed by atoms with Crippen molar-refractivity contribution in [1.82, 2.24) is 0 Å². The average Bonchev–Trinajstić information content (AvgIpc) is 2.69. The minimum atomic E-state index is -0.692. The van der Waals surface area contributed by atoms with Crippen LogP contribution in [0.4, 0.5) is 0 Å². The van der Waals surface area contributed by atoms with Gasteiger partial charge in [-0.1, -0.05) is 71.9 Å². The Labute approximate surface area is 154 Å². The van der Waals surface area contributed by atoms with Crippen LogP contribution in [0.3, 0.4) is 0 Å². The lowest BCUT2D eigenvalue weighted by Gasteiger charge is -2.17. The molecule has 0 saturated carbocycles. The van der Waals surface area contributed by atoms with E-state index in [-0.39, 0.29) is 5.91 Å². The van der Waals surface area contributed by atoms with E-state index in [0.717, 1.165) is 0 Å². The van der Waals surface area contributed by atoms with Gasteiger partial charge in [0, 0.05) is 14.2 Å². The largest absolute Gasteiger partial charge is 0.360 e. The number of fused-ring (bicyclic) bond motifs is 2. The van der Waals surface area contributed by atoms with Crippen molar-refractivity contribution >= 4 is 57.8 Å². The summed E-state index contributed by atoms with van der Waals surface area (Å²) in [5.74, 6) is -0.0884. The van der Waals surface area contributed by atoms with Crippen molar-refractivity contribution in [2.24, 2.45) is 0 Å². The number of hydrogen-bond donors (Lipinski definition) is 0. The predicted octanol–water partition coefficient (Wildman–Crippen LogP) is 4.11. The molecule has 0 aromatic heterocycles. The van der Waals surface area contributed by atoms with Crippen molar-refractivity contribution < 1.29 is 9.47 Å². The second-order valence-corrected chi connectivity index (χ2v) is 8.75. The van der Waals surface area contributed by atoms with Crippen LogP contribution in [0.1, 0.15) is 0 Å². The number of rotatable bonds is 4. The number of hydrogen-bond acceptors (Lipinski definition) is 2. The zero-order valence-corrected chi connectivity index (χ0v) is 16.4. The summed E-state index contributed by atoms with van der Waals surface area (Å²) in [6.45, 7) is 0. The van der Waals surface area contributed by atoms with E-state index in [1.165, 1.54) is 48.3 Å². The van der Waals surface area contributed by atoms with Crippen LogP contribution in [-0.2, 0) is 9.47 Å². The van der Waals surface area contributed by atoms with Crippen molar-refractivity contribution in [3.63, 3.8) is 0 Å². The van der Waals surface area contributed by atoms with E-state index in [1.807, 2.05) is 0 Å². The Hall–Kier alpha value is -2.46. The molecule has 5 rings (SSSR count). The topological polar surface area (TPSA) is 18.5 Å². The zero-order valence-electron chi connectivity index (χ0n) is 15.0. The molecule has 0 radical (unpaired) electrons. The van der Waals surface area contributed by atoms with E-state index in [0.29, 0.717) is 0 Å². The SMILES string of the molecule is COC(OC)[SiH2]c1cc2cccc3c4cccc5cccc(c(c1)c23)c54. The fourth-order valence-corrected chi connectivity index (χ4v) is 5.67. The molecule has 0 fully saturated rings. The number of ether oxygens (including phenoxy) is 2. The quantitative estimate of drug-likeness (QED) is 0.209. The third-order valence-electron chi connectivity index (χ3n) is 5.45. The van der Waals surface area contributed by atoms with Gasteiger partial charge in [-0.25, -0.2) is 0 Å². The zero-order chi connectivity index (χ0) is 17.7. The third-order valence-corrected chi connectivity index (χ3v) is 7.33. The van der Waals surface area contributed by atoms with Gasteiger partial charge in [0.1, 0.15) is 15.4 Å². The Morgan fingerprint density at radius 1 is 0.654 bits per heavy atom. The van der Waals surface area contributed by atoms with Gasteiger partial charge in [-0.05, 0) is 43.1 Å². The van der Waals surface area contributed by atoms with E-state index < -0.39 is 9.52 Å². The molecule has 0 saturated heterocycles. The lowest BCUT2D eigenvalue weighted by Crippen LogP contribution is -2.31. The first-order valence-electron chi connectivity index (χ1n) is 8.94. The number of benzene rings is 5. The molecule has 5 aromatic rings. The van der Waals surface area contributed by atoms with Gasteiger partial charge in [0.25, 0.3) is 0 Å². The van der Waals surface area contributed by atoms with Crippen molar-refractivity contribution in [2.75, 3.05) is 14.2 Å². The standard InChI is InChI=1S/C23H20O2Si/c1-24-23(25-2)26-16-12-15-8-5-10-18-17-9-3-6-14-7-4-11-19(21(14)17)20(13-16)22(15)18/h3-13,23H,26H2,1-2H3. The fourth-order valence-electron chi connectivity index (χ4n) is 4.29. The second-order valence-electron chi connectivity index (χ2n) is 6.86. The third kappa shape index (κ3) is 2.25. The van der Waals surface area contributed by atoms with Crippen LogP contribution < -0.4 is 5.19 Å². The van der Waals surface area contributed by atoms with Gasteiger partial charge < -0.3 is 9.47 Å². The predicted molar refractivity (Wildman–Crippen MR) is 114 cm³/mol. The summed E-state index contributed by atoms with van der Waals surface area (Å²) in [7, 11) is 2.76. The lowest BCUT2D eigenvalue weighted by molar-refractivity contribution is -0.0429. The first-order valence-corrected chi connectivity index (χ1v) is 10.5. The van der Waals surface area contributed by atoms with E-state index >= 15 is 0 Å². The monoisotopic (exact) mass is 356 g/mol. The van der Waals surface area contributed by atoms with E-state index in [9.17, 15) is 0 Å². The highest BCUT2D eigenvalue weighted by molar-refractivity contribution is 6.55. The molecule has 26 heavy (non-hydrogen) atoms. The Morgan fingerprint density at radius 2 is 1.19 bits per heavy atom. The molecule has 0 atom stereocenters. The van der Waals surface area contributed by atoms with E-state index in [4.69, 9.17) is 9.47 Å². The molecule has 0 aliphatic carbocycles. The fraction of sp³-hybridized carbons (Fsp3) is 0.130. The summed E-state index contributed by atoms with van der Waals surface area (Å²) in [5.41, 5.74) is 0. The maximum atomic E-state index is 5.48. The first-order chi connectivity index (χ1) is 12.8. The summed E-state index contributed by atoms with van der Waals surface area (Å²) >= 11 is 0. The lowest BCUT2D eigenvalue weighted by atomic mass is 9.90. The Kier molecular flexibility index (Phi) is 3.67. The molecule has 5 aromatic carbocycles. The van der Waals surface area contributed by atoms with Gasteiger partial charge in [0.05, 0.1) is 0 Å². The minimum absolute atomic E-state index is 0.0884. The molecule has 0 aliphatic heterocycles. The molecule has 128 valence electrons. The van der Waals surface area contributed by atoms with Crippen LogP contribution in [0, 0.1) is 0 Å². The highest BCUT2D eigenvalue weighted by atomic mass is 28.2. The Morgan fingerprint density at radius 3 is 1.81 bits per heavy atom. The van der Waals surface area contributed by atoms with E-state index in [1.54, 1.807) is 14.2 Å². The molecular formula is C23H20O2Si. The van der Waals surface area contributed by atoms with Gasteiger partial charge in [0.15, 0.2) is 0 Å². The van der Waals surface area contributed by atoms with Crippen LogP contribution in [0.5, 0.6) is 0 Å². The van der Waals surface area contributed by atoms with Crippen molar-refractivity contribution in [3.8, 4) is 0 Å². The molecule has 0 spiro atoms. The minimum Gasteiger partial charge on any atom is -0.360 e. The second kappa shape index (κ2) is 6.06. The van der Waals surface area contributed by atoms with Gasteiger partial charge in [-0.3, -0.25) is 0 Å². The highest BCUT2D eigenvalue weighted by Gasteiger charge is 2.15. The molecule has 2 nitrogen and oxygen atoms in total. The van der Waals surface area contributed by atoms with Crippen LogP contribution in [0.15, 0.2) is 66.7 Å². The van der Waals surface area contributed by atoms with Crippen molar-refractivity contribution in [2.45, 2.75) is 5.91 Å². The Balaban J connectivity index is 1.93. The summed E-state index contributed by atoms with van der Waals surface area (Å²) in [5, 5.41) is 12.1. The molecule has 0 unspecified atom stereocenters. The Bertz CT molecular complexity index is 1240. The summed E-state index contributed by atoms with van der Waals surface area (Å²) in [6, 6.07) is 24.6. The average molecular weight is 356 g/mol. The molecule has 0 amide bonds. The van der Waals surface area contributed by atoms with Crippen LogP contribution in [0.25, 0.3) is 43.1 Å². The molecule has 0 N–H and O–H groups in total. The van der Waals surface area contributed by atoms with E-state index in [2.05, 4.69) is 66.7 Å². The smallest absolute Gasteiger partial charge is 0.139 e. The highest BCUT2D eigenvalue weighted by Crippen LogP contribution is 2.39. The molecule has 3 heteroatoms. The summed E-state index contributed by atoms with van der Waals surface area (Å²) < 4.78 is 11.0. The van der Waals surface area contributed by atoms with Crippen LogP contribution >= 0.6 is 0 Å².